The number of anilines is 2. The van der Waals surface area contributed by atoms with Gasteiger partial charge in [-0.1, -0.05) is 4.49 Å². The third kappa shape index (κ3) is 2.38. The van der Waals surface area contributed by atoms with Gasteiger partial charge in [0.1, 0.15) is 5.00 Å². The predicted molar refractivity (Wildman–Crippen MR) is 59.6 cm³/mol. The highest BCUT2D eigenvalue weighted by molar-refractivity contribution is 7.09. The molecular formula is C10H9N3OS. The van der Waals surface area contributed by atoms with Crippen molar-refractivity contribution in [2.75, 3.05) is 5.32 Å². The van der Waals surface area contributed by atoms with Crippen LogP contribution >= 0.6 is 11.5 Å². The molecule has 0 saturated carbocycles. The summed E-state index contributed by atoms with van der Waals surface area (Å²) in [5.41, 5.74) is 1.63. The smallest absolute Gasteiger partial charge is 0.159 e. The highest BCUT2D eigenvalue weighted by Crippen LogP contribution is 2.18. The number of rotatable bonds is 3. The summed E-state index contributed by atoms with van der Waals surface area (Å²) in [6.45, 7) is 1.55. The fourth-order valence-electron chi connectivity index (χ4n) is 1.15. The van der Waals surface area contributed by atoms with Crippen molar-refractivity contribution in [3.8, 4) is 0 Å². The van der Waals surface area contributed by atoms with Crippen molar-refractivity contribution in [2.45, 2.75) is 6.92 Å². The zero-order chi connectivity index (χ0) is 10.7. The van der Waals surface area contributed by atoms with Crippen LogP contribution < -0.4 is 5.32 Å². The molecule has 0 unspecified atom stereocenters. The van der Waals surface area contributed by atoms with Crippen LogP contribution in [0.4, 0.5) is 10.7 Å². The average Bonchev–Trinajstić information content (AvgIpc) is 2.71. The summed E-state index contributed by atoms with van der Waals surface area (Å²) in [4.78, 5) is 11.0. The number of ketones is 1. The second-order valence-electron chi connectivity index (χ2n) is 3.04. The number of benzene rings is 1. The molecule has 1 aromatic heterocycles. The van der Waals surface area contributed by atoms with Gasteiger partial charge in [0.2, 0.25) is 0 Å². The summed E-state index contributed by atoms with van der Waals surface area (Å²) in [5.74, 6) is 0.0704. The molecule has 15 heavy (non-hydrogen) atoms. The molecule has 0 atom stereocenters. The Labute approximate surface area is 91.1 Å². The monoisotopic (exact) mass is 219 g/mol. The molecule has 0 aliphatic heterocycles. The molecule has 76 valence electrons. The first-order chi connectivity index (χ1) is 7.25. The molecule has 5 heteroatoms. The standard InChI is InChI=1S/C10H9N3OS/c1-7(14)8-2-4-9(5-3-8)12-10-6-11-13-15-10/h2-6,12H,1H3. The van der Waals surface area contributed by atoms with E-state index >= 15 is 0 Å². The van der Waals surface area contributed by atoms with Crippen LogP contribution in [0.1, 0.15) is 17.3 Å². The van der Waals surface area contributed by atoms with E-state index in [4.69, 9.17) is 0 Å². The van der Waals surface area contributed by atoms with Gasteiger partial charge in [0.15, 0.2) is 5.78 Å². The van der Waals surface area contributed by atoms with Gasteiger partial charge in [0, 0.05) is 22.8 Å². The number of hydrogen-bond acceptors (Lipinski definition) is 5. The van der Waals surface area contributed by atoms with Crippen molar-refractivity contribution in [1.29, 1.82) is 0 Å². The van der Waals surface area contributed by atoms with E-state index < -0.39 is 0 Å². The van der Waals surface area contributed by atoms with Crippen molar-refractivity contribution in [1.82, 2.24) is 9.59 Å². The number of carbonyl (C=O) groups excluding carboxylic acids is 1. The van der Waals surface area contributed by atoms with E-state index in [1.165, 1.54) is 11.5 Å². The molecule has 2 aromatic rings. The third-order valence-electron chi connectivity index (χ3n) is 1.92. The molecule has 0 spiro atoms. The van der Waals surface area contributed by atoms with Crippen molar-refractivity contribution < 1.29 is 4.79 Å². The molecule has 0 amide bonds. The lowest BCUT2D eigenvalue weighted by atomic mass is 10.1. The van der Waals surface area contributed by atoms with E-state index in [0.29, 0.717) is 5.56 Å². The summed E-state index contributed by atoms with van der Waals surface area (Å²) in [6.07, 6.45) is 1.66. The van der Waals surface area contributed by atoms with Crippen molar-refractivity contribution in [3.05, 3.63) is 36.0 Å². The van der Waals surface area contributed by atoms with E-state index in [-0.39, 0.29) is 5.78 Å². The molecule has 0 aliphatic carbocycles. The van der Waals surface area contributed by atoms with Crippen LogP contribution in [0.2, 0.25) is 0 Å². The fourth-order valence-corrected chi connectivity index (χ4v) is 1.59. The molecule has 1 aromatic carbocycles. The summed E-state index contributed by atoms with van der Waals surface area (Å²) < 4.78 is 3.74. The maximum atomic E-state index is 11.0. The second kappa shape index (κ2) is 4.18. The molecular weight excluding hydrogens is 210 g/mol. The summed E-state index contributed by atoms with van der Waals surface area (Å²) in [6, 6.07) is 7.30. The van der Waals surface area contributed by atoms with E-state index in [2.05, 4.69) is 14.9 Å². The average molecular weight is 219 g/mol. The molecule has 0 bridgehead atoms. The van der Waals surface area contributed by atoms with Crippen LogP contribution in [0, 0.1) is 0 Å². The number of aromatic nitrogens is 2. The SMILES string of the molecule is CC(=O)c1ccc(Nc2cnns2)cc1. The normalized spacial score (nSPS) is 9.93. The molecule has 0 fully saturated rings. The minimum absolute atomic E-state index is 0.0704. The van der Waals surface area contributed by atoms with Crippen molar-refractivity contribution in [3.63, 3.8) is 0 Å². The summed E-state index contributed by atoms with van der Waals surface area (Å²) in [5, 5.41) is 7.73. The Morgan fingerprint density at radius 2 is 2.07 bits per heavy atom. The van der Waals surface area contributed by atoms with Crippen LogP contribution in [-0.2, 0) is 0 Å². The van der Waals surface area contributed by atoms with Gasteiger partial charge < -0.3 is 5.32 Å². The quantitative estimate of drug-likeness (QED) is 0.806. The highest BCUT2D eigenvalue weighted by atomic mass is 32.1. The van der Waals surface area contributed by atoms with E-state index in [1.54, 1.807) is 25.3 Å². The minimum Gasteiger partial charge on any atom is -0.345 e. The van der Waals surface area contributed by atoms with Crippen molar-refractivity contribution >= 4 is 28.0 Å². The van der Waals surface area contributed by atoms with Crippen LogP contribution in [-0.4, -0.2) is 15.4 Å². The summed E-state index contributed by atoms with van der Waals surface area (Å²) in [7, 11) is 0. The first-order valence-electron chi connectivity index (χ1n) is 4.41. The highest BCUT2D eigenvalue weighted by Gasteiger charge is 2.00. The molecule has 2 rings (SSSR count). The summed E-state index contributed by atoms with van der Waals surface area (Å²) >= 11 is 1.29. The number of carbonyl (C=O) groups is 1. The lowest BCUT2D eigenvalue weighted by molar-refractivity contribution is 0.101. The first-order valence-corrected chi connectivity index (χ1v) is 5.18. The Hall–Kier alpha value is -1.75. The number of Topliss-reactive ketones (excluding diaryl/α,β-unsaturated/α-hetero) is 1. The Balaban J connectivity index is 2.14. The zero-order valence-corrected chi connectivity index (χ0v) is 8.91. The van der Waals surface area contributed by atoms with Gasteiger partial charge >= 0.3 is 0 Å². The Morgan fingerprint density at radius 3 is 2.60 bits per heavy atom. The fraction of sp³-hybridized carbons (Fsp3) is 0.100. The minimum atomic E-state index is 0.0704. The second-order valence-corrected chi connectivity index (χ2v) is 3.83. The number of hydrogen-bond donors (Lipinski definition) is 1. The van der Waals surface area contributed by atoms with E-state index in [0.717, 1.165) is 10.7 Å². The number of nitrogens with zero attached hydrogens (tertiary/aromatic N) is 2. The van der Waals surface area contributed by atoms with Crippen LogP contribution in [0.15, 0.2) is 30.5 Å². The van der Waals surface area contributed by atoms with Gasteiger partial charge in [0.25, 0.3) is 0 Å². The lowest BCUT2D eigenvalue weighted by Gasteiger charge is -2.02. The van der Waals surface area contributed by atoms with Gasteiger partial charge in [-0.2, -0.15) is 0 Å². The largest absolute Gasteiger partial charge is 0.345 e. The van der Waals surface area contributed by atoms with Crippen LogP contribution in [0.25, 0.3) is 0 Å². The molecule has 4 nitrogen and oxygen atoms in total. The Morgan fingerprint density at radius 1 is 1.33 bits per heavy atom. The topological polar surface area (TPSA) is 54.9 Å². The predicted octanol–water partition coefficient (Wildman–Crippen LogP) is 2.48. The van der Waals surface area contributed by atoms with Gasteiger partial charge in [-0.05, 0) is 31.2 Å². The maximum Gasteiger partial charge on any atom is 0.159 e. The van der Waals surface area contributed by atoms with Gasteiger partial charge in [-0.3, -0.25) is 4.79 Å². The van der Waals surface area contributed by atoms with E-state index in [9.17, 15) is 4.79 Å². The van der Waals surface area contributed by atoms with Gasteiger partial charge in [-0.15, -0.1) is 5.10 Å². The molecule has 0 saturated heterocycles. The van der Waals surface area contributed by atoms with E-state index in [1.807, 2.05) is 12.1 Å². The molecule has 1 heterocycles. The Bertz CT molecular complexity index is 450. The number of nitrogens with one attached hydrogen (secondary N) is 1. The van der Waals surface area contributed by atoms with Crippen molar-refractivity contribution in [2.24, 2.45) is 0 Å². The third-order valence-corrected chi connectivity index (χ3v) is 2.50. The first kappa shape index (κ1) is 9.79. The maximum absolute atomic E-state index is 11.0. The van der Waals surface area contributed by atoms with Crippen LogP contribution in [0.3, 0.4) is 0 Å². The Kier molecular flexibility index (Phi) is 2.73. The molecule has 1 N–H and O–H groups in total. The molecule has 0 aliphatic rings. The van der Waals surface area contributed by atoms with Gasteiger partial charge in [0.05, 0.1) is 6.20 Å². The zero-order valence-electron chi connectivity index (χ0n) is 8.10. The molecule has 0 radical (unpaired) electrons. The van der Waals surface area contributed by atoms with Crippen LogP contribution in [0.5, 0.6) is 0 Å². The van der Waals surface area contributed by atoms with Gasteiger partial charge in [-0.25, -0.2) is 0 Å². The lowest BCUT2D eigenvalue weighted by Crippen LogP contribution is -1.92.